The maximum atomic E-state index is 16.3. The molecule has 3 aromatic heterocycles. The maximum Gasteiger partial charge on any atom is 0.355 e. The second kappa shape index (κ2) is 12.3. The highest BCUT2D eigenvalue weighted by Crippen LogP contribution is 2.39. The third-order valence-corrected chi connectivity index (χ3v) is 8.78. The summed E-state index contributed by atoms with van der Waals surface area (Å²) in [7, 11) is 0. The Bertz CT molecular complexity index is 2020. The minimum atomic E-state index is -3.48. The number of alkyl halides is 2. The second-order valence-corrected chi connectivity index (χ2v) is 12.6. The van der Waals surface area contributed by atoms with Gasteiger partial charge in [0.25, 0.3) is 5.92 Å². The molecule has 2 atom stereocenters. The van der Waals surface area contributed by atoms with Crippen molar-refractivity contribution in [1.82, 2.24) is 24.4 Å². The largest absolute Gasteiger partial charge is 0.486 e. The Balaban J connectivity index is 1.71. The third-order valence-electron chi connectivity index (χ3n) is 8.78. The normalized spacial score (nSPS) is 19.2. The highest BCUT2D eigenvalue weighted by Gasteiger charge is 2.36. The highest BCUT2D eigenvalue weighted by molar-refractivity contribution is 5.92. The summed E-state index contributed by atoms with van der Waals surface area (Å²) in [5.41, 5.74) is -1.51. The summed E-state index contributed by atoms with van der Waals surface area (Å²) >= 11 is 0. The van der Waals surface area contributed by atoms with Gasteiger partial charge in [0.05, 0.1) is 22.3 Å². The topological polar surface area (TPSA) is 93.5 Å². The summed E-state index contributed by atoms with van der Waals surface area (Å²) in [6, 6.07) is 2.96. The van der Waals surface area contributed by atoms with Gasteiger partial charge in [-0.05, 0) is 50.0 Å². The minimum Gasteiger partial charge on any atom is -0.486 e. The predicted molar refractivity (Wildman–Crippen MR) is 169 cm³/mol. The first-order chi connectivity index (χ1) is 22.7. The predicted octanol–water partition coefficient (Wildman–Crippen LogP) is 5.96. The number of halogens is 5. The summed E-state index contributed by atoms with van der Waals surface area (Å²) in [5, 5.41) is 0.0631. The quantitative estimate of drug-likeness (QED) is 0.197. The number of carbonyl (C=O) groups is 1. The summed E-state index contributed by atoms with van der Waals surface area (Å²) < 4.78 is 83.0. The van der Waals surface area contributed by atoms with Crippen LogP contribution in [0.15, 0.2) is 47.9 Å². The van der Waals surface area contributed by atoms with Crippen LogP contribution in [0.1, 0.15) is 51.3 Å². The van der Waals surface area contributed by atoms with E-state index in [2.05, 4.69) is 21.5 Å². The van der Waals surface area contributed by atoms with Crippen molar-refractivity contribution in [3.63, 3.8) is 0 Å². The number of pyridine rings is 2. The molecule has 4 aromatic rings. The lowest BCUT2D eigenvalue weighted by Gasteiger charge is -2.44. The van der Waals surface area contributed by atoms with E-state index in [-0.39, 0.29) is 59.9 Å². The van der Waals surface area contributed by atoms with Crippen LogP contribution in [0.4, 0.5) is 27.8 Å². The number of piperazine rings is 1. The van der Waals surface area contributed by atoms with E-state index in [9.17, 15) is 14.0 Å². The van der Waals surface area contributed by atoms with Crippen molar-refractivity contribution >= 4 is 22.8 Å². The van der Waals surface area contributed by atoms with Crippen LogP contribution in [0.3, 0.4) is 0 Å². The average Bonchev–Trinajstić information content (AvgIpc) is 3.03. The molecule has 2 bridgehead atoms. The number of hydrogen-bond acceptors (Lipinski definition) is 7. The molecule has 1 saturated heterocycles. The van der Waals surface area contributed by atoms with Crippen LogP contribution in [0.5, 0.6) is 5.75 Å². The summed E-state index contributed by atoms with van der Waals surface area (Å²) in [6.07, 6.45) is 1.68. The molecule has 2 unspecified atom stereocenters. The van der Waals surface area contributed by atoms with Gasteiger partial charge in [0, 0.05) is 49.9 Å². The Kier molecular flexibility index (Phi) is 8.46. The fraction of sp³-hybridized carbons (Fsp3) is 0.382. The van der Waals surface area contributed by atoms with Gasteiger partial charge in [-0.3, -0.25) is 9.78 Å². The van der Waals surface area contributed by atoms with Gasteiger partial charge in [0.1, 0.15) is 28.9 Å². The van der Waals surface area contributed by atoms with Crippen LogP contribution in [0, 0.1) is 17.5 Å². The van der Waals surface area contributed by atoms with Crippen molar-refractivity contribution in [2.75, 3.05) is 24.6 Å². The van der Waals surface area contributed by atoms with Gasteiger partial charge in [-0.2, -0.15) is 4.98 Å². The Morgan fingerprint density at radius 3 is 2.54 bits per heavy atom. The van der Waals surface area contributed by atoms with Crippen LogP contribution in [-0.4, -0.2) is 68.0 Å². The van der Waals surface area contributed by atoms with E-state index in [1.807, 2.05) is 27.7 Å². The number of rotatable bonds is 3. The van der Waals surface area contributed by atoms with E-state index in [0.29, 0.717) is 23.4 Å². The molecule has 0 saturated carbocycles. The monoisotopic (exact) mass is 668 g/mol. The molecule has 0 radical (unpaired) electrons. The molecule has 2 aliphatic rings. The van der Waals surface area contributed by atoms with Gasteiger partial charge < -0.3 is 14.5 Å². The van der Waals surface area contributed by atoms with Crippen molar-refractivity contribution in [2.45, 2.75) is 64.5 Å². The molecule has 48 heavy (non-hydrogen) atoms. The zero-order valence-electron chi connectivity index (χ0n) is 26.7. The van der Waals surface area contributed by atoms with Gasteiger partial charge in [0.2, 0.25) is 5.91 Å². The number of ether oxygens (including phenoxy) is 1. The molecule has 1 aromatic carbocycles. The molecule has 5 heterocycles. The highest BCUT2D eigenvalue weighted by atomic mass is 19.3. The Morgan fingerprint density at radius 2 is 1.83 bits per heavy atom. The number of benzene rings is 1. The Hall–Kier alpha value is -4.88. The lowest BCUT2D eigenvalue weighted by atomic mass is 9.99. The zero-order valence-corrected chi connectivity index (χ0v) is 26.7. The van der Waals surface area contributed by atoms with Crippen molar-refractivity contribution in [2.24, 2.45) is 0 Å². The summed E-state index contributed by atoms with van der Waals surface area (Å²) in [5.74, 6) is -8.18. The Morgan fingerprint density at radius 1 is 1.08 bits per heavy atom. The first kappa shape index (κ1) is 33.0. The lowest BCUT2D eigenvalue weighted by molar-refractivity contribution is -0.128. The first-order valence-electron chi connectivity index (χ1n) is 15.5. The van der Waals surface area contributed by atoms with Crippen molar-refractivity contribution in [1.29, 1.82) is 0 Å². The van der Waals surface area contributed by atoms with Crippen LogP contribution < -0.4 is 15.3 Å². The first-order valence-corrected chi connectivity index (χ1v) is 15.5. The molecule has 0 spiro atoms. The van der Waals surface area contributed by atoms with Gasteiger partial charge in [-0.1, -0.05) is 20.4 Å². The van der Waals surface area contributed by atoms with E-state index >= 15 is 17.6 Å². The number of anilines is 1. The molecule has 2 aliphatic heterocycles. The second-order valence-electron chi connectivity index (χ2n) is 12.6. The van der Waals surface area contributed by atoms with E-state index in [1.54, 1.807) is 9.80 Å². The van der Waals surface area contributed by atoms with E-state index in [1.165, 1.54) is 18.3 Å². The van der Waals surface area contributed by atoms with E-state index < -0.39 is 65.1 Å². The minimum absolute atomic E-state index is 0.0631. The molecule has 1 fully saturated rings. The Labute approximate surface area is 272 Å². The average molecular weight is 669 g/mol. The van der Waals surface area contributed by atoms with Crippen LogP contribution >= 0.6 is 0 Å². The van der Waals surface area contributed by atoms with Crippen molar-refractivity contribution < 1.29 is 31.5 Å². The number of amides is 1. The molecule has 9 nitrogen and oxygen atoms in total. The number of aromatic nitrogens is 4. The maximum absolute atomic E-state index is 16.3. The van der Waals surface area contributed by atoms with Crippen LogP contribution in [0.2, 0.25) is 0 Å². The number of aryl methyl sites for hydroxylation is 1. The fourth-order valence-electron chi connectivity index (χ4n) is 6.41. The zero-order chi connectivity index (χ0) is 34.7. The molecule has 0 aliphatic carbocycles. The molecular formula is C34H33F5N6O3. The third kappa shape index (κ3) is 5.77. The molecule has 252 valence electrons. The standard InChI is InChI=1S/C34H33F5N6O3/c1-6-26(46)43-14-19(5)44(15-18(43)4)31-22-13-24(37)29-27-23(36)11-21(35)12-25(27)48-16-34(38,39)9-7-20-8-10-40-28(17(2)3)30(20)45(32(22)41-29)33(47)42-31/h6,8,10-13,17-19H,1,7,9,14-16H2,2-5H3. The molecule has 14 heteroatoms. The molecule has 1 amide bonds. The fourth-order valence-corrected chi connectivity index (χ4v) is 6.41. The van der Waals surface area contributed by atoms with E-state index in [4.69, 9.17) is 4.74 Å². The number of carbonyl (C=O) groups excluding carboxylic acids is 1. The number of fused-ring (bicyclic) bond motifs is 5. The summed E-state index contributed by atoms with van der Waals surface area (Å²) in [4.78, 5) is 43.5. The number of nitrogens with zero attached hydrogens (tertiary/aromatic N) is 6. The smallest absolute Gasteiger partial charge is 0.355 e. The van der Waals surface area contributed by atoms with Gasteiger partial charge in [-0.15, -0.1) is 0 Å². The molecule has 6 rings (SSSR count). The van der Waals surface area contributed by atoms with Crippen molar-refractivity contribution in [3.05, 3.63) is 82.3 Å². The SMILES string of the molecule is C=CC(=O)N1CC(C)N(c2nc(=O)n3c4nc(c(F)cc24)-c2c(F)cc(F)cc2OCC(F)(F)CCc2ccnc(C(C)C)c2-3)CC1C. The van der Waals surface area contributed by atoms with Gasteiger partial charge >= 0.3 is 5.69 Å². The number of hydrogen-bond donors (Lipinski definition) is 0. The summed E-state index contributed by atoms with van der Waals surface area (Å²) in [6.45, 7) is 10.0. The van der Waals surface area contributed by atoms with E-state index in [0.717, 1.165) is 10.6 Å². The van der Waals surface area contributed by atoms with Gasteiger partial charge in [-0.25, -0.2) is 36.3 Å². The van der Waals surface area contributed by atoms with Crippen LogP contribution in [-0.2, 0) is 11.2 Å². The molecular weight excluding hydrogens is 635 g/mol. The molecule has 0 N–H and O–H groups in total. The lowest BCUT2D eigenvalue weighted by Crippen LogP contribution is -2.58. The van der Waals surface area contributed by atoms with Gasteiger partial charge in [0.15, 0.2) is 18.1 Å². The van der Waals surface area contributed by atoms with Crippen LogP contribution in [0.25, 0.3) is 28.0 Å². The van der Waals surface area contributed by atoms with Crippen molar-refractivity contribution in [3.8, 4) is 22.7 Å².